The summed E-state index contributed by atoms with van der Waals surface area (Å²) in [7, 11) is 0. The van der Waals surface area contributed by atoms with E-state index in [2.05, 4.69) is 50.7 Å². The molecular weight excluding hydrogens is 296 g/mol. The summed E-state index contributed by atoms with van der Waals surface area (Å²) in [5.74, 6) is 0.416. The van der Waals surface area contributed by atoms with Crippen LogP contribution in [0.25, 0.3) is 0 Å². The van der Waals surface area contributed by atoms with Crippen LogP contribution in [0.1, 0.15) is 25.5 Å². The van der Waals surface area contributed by atoms with Gasteiger partial charge in [0.25, 0.3) is 0 Å². The number of halogens is 2. The minimum atomic E-state index is 0.0370. The maximum absolute atomic E-state index is 6.00. The van der Waals surface area contributed by atoms with Gasteiger partial charge in [0.2, 0.25) is 0 Å². The Morgan fingerprint density at radius 1 is 1.31 bits per heavy atom. The minimum absolute atomic E-state index is 0.0370. The Bertz CT molecular complexity index is 300. The van der Waals surface area contributed by atoms with Crippen LogP contribution in [0, 0.1) is 5.92 Å². The number of hydrogen-bond donors (Lipinski definition) is 1. The number of nitrogens with zero attached hydrogens (tertiary/aromatic N) is 1. The van der Waals surface area contributed by atoms with Crippen LogP contribution in [0.5, 0.6) is 0 Å². The molecule has 1 atom stereocenters. The second-order valence-electron chi connectivity index (χ2n) is 3.28. The second kappa shape index (κ2) is 4.53. The monoisotopic (exact) mass is 306 g/mol. The molecule has 13 heavy (non-hydrogen) atoms. The molecule has 0 aliphatic carbocycles. The first-order chi connectivity index (χ1) is 6.02. The fourth-order valence-corrected chi connectivity index (χ4v) is 2.17. The van der Waals surface area contributed by atoms with Crippen molar-refractivity contribution in [3.63, 3.8) is 0 Å². The van der Waals surface area contributed by atoms with Crippen LogP contribution in [0.4, 0.5) is 0 Å². The molecule has 0 radical (unpaired) electrons. The summed E-state index contributed by atoms with van der Waals surface area (Å²) in [6, 6.07) is 3.93. The van der Waals surface area contributed by atoms with Crippen molar-refractivity contribution in [2.24, 2.45) is 11.7 Å². The zero-order chi connectivity index (χ0) is 10.0. The van der Waals surface area contributed by atoms with E-state index in [0.717, 1.165) is 14.8 Å². The predicted molar refractivity (Wildman–Crippen MR) is 61.4 cm³/mol. The molecule has 0 fully saturated rings. The quantitative estimate of drug-likeness (QED) is 0.852. The van der Waals surface area contributed by atoms with E-state index in [1.807, 2.05) is 12.1 Å². The first-order valence-electron chi connectivity index (χ1n) is 4.10. The highest BCUT2D eigenvalue weighted by molar-refractivity contribution is 9.11. The van der Waals surface area contributed by atoms with Gasteiger partial charge in [-0.05, 0) is 43.8 Å². The van der Waals surface area contributed by atoms with Gasteiger partial charge in [-0.2, -0.15) is 0 Å². The highest BCUT2D eigenvalue weighted by Crippen LogP contribution is 2.26. The Balaban J connectivity index is 3.01. The number of hydrogen-bond acceptors (Lipinski definition) is 2. The summed E-state index contributed by atoms with van der Waals surface area (Å²) >= 11 is 6.70. The zero-order valence-corrected chi connectivity index (χ0v) is 10.8. The highest BCUT2D eigenvalue weighted by atomic mass is 79.9. The molecule has 72 valence electrons. The molecule has 0 bridgehead atoms. The van der Waals surface area contributed by atoms with E-state index in [4.69, 9.17) is 5.73 Å². The molecule has 0 aliphatic rings. The molecule has 0 aliphatic heterocycles. The lowest BCUT2D eigenvalue weighted by Crippen LogP contribution is -2.17. The molecule has 2 N–H and O–H groups in total. The molecule has 0 aromatic carbocycles. The van der Waals surface area contributed by atoms with Crippen molar-refractivity contribution in [2.45, 2.75) is 19.9 Å². The Kier molecular flexibility index (Phi) is 3.88. The Morgan fingerprint density at radius 2 is 1.92 bits per heavy atom. The van der Waals surface area contributed by atoms with Crippen molar-refractivity contribution >= 4 is 31.9 Å². The summed E-state index contributed by atoms with van der Waals surface area (Å²) in [6.07, 6.45) is 0. The summed E-state index contributed by atoms with van der Waals surface area (Å²) in [5, 5.41) is 0. The maximum atomic E-state index is 6.00. The van der Waals surface area contributed by atoms with Crippen LogP contribution >= 0.6 is 31.9 Å². The van der Waals surface area contributed by atoms with Gasteiger partial charge in [0.15, 0.2) is 0 Å². The molecule has 1 aromatic heterocycles. The lowest BCUT2D eigenvalue weighted by molar-refractivity contribution is 0.511. The summed E-state index contributed by atoms with van der Waals surface area (Å²) in [5.41, 5.74) is 7.06. The standard InChI is InChI=1S/C9H12Br2N2/c1-5(2)8(12)6-3-4-7(10)13-9(6)11/h3-5,8H,12H2,1-2H3. The van der Waals surface area contributed by atoms with Gasteiger partial charge in [-0.1, -0.05) is 19.9 Å². The number of nitrogens with two attached hydrogens (primary N) is 1. The van der Waals surface area contributed by atoms with Crippen molar-refractivity contribution in [3.8, 4) is 0 Å². The van der Waals surface area contributed by atoms with E-state index in [1.54, 1.807) is 0 Å². The molecule has 1 heterocycles. The lowest BCUT2D eigenvalue weighted by Gasteiger charge is -2.16. The van der Waals surface area contributed by atoms with Gasteiger partial charge in [-0.25, -0.2) is 4.98 Å². The molecule has 0 saturated heterocycles. The molecule has 1 unspecified atom stereocenters. The fraction of sp³-hybridized carbons (Fsp3) is 0.444. The Labute approximate surface area is 95.2 Å². The van der Waals surface area contributed by atoms with Gasteiger partial charge >= 0.3 is 0 Å². The highest BCUT2D eigenvalue weighted by Gasteiger charge is 2.14. The summed E-state index contributed by atoms with van der Waals surface area (Å²) in [6.45, 7) is 4.19. The average Bonchev–Trinajstić information content (AvgIpc) is 2.03. The van der Waals surface area contributed by atoms with Crippen molar-refractivity contribution in [1.29, 1.82) is 0 Å². The number of rotatable bonds is 2. The van der Waals surface area contributed by atoms with Crippen molar-refractivity contribution < 1.29 is 0 Å². The van der Waals surface area contributed by atoms with Gasteiger partial charge in [0.05, 0.1) is 0 Å². The van der Waals surface area contributed by atoms with E-state index in [-0.39, 0.29) is 6.04 Å². The van der Waals surface area contributed by atoms with Crippen LogP contribution < -0.4 is 5.73 Å². The van der Waals surface area contributed by atoms with Crippen LogP contribution in [-0.2, 0) is 0 Å². The van der Waals surface area contributed by atoms with E-state index < -0.39 is 0 Å². The van der Waals surface area contributed by atoms with Gasteiger partial charge in [0.1, 0.15) is 9.21 Å². The molecule has 4 heteroatoms. The van der Waals surface area contributed by atoms with Gasteiger partial charge in [-0.15, -0.1) is 0 Å². The topological polar surface area (TPSA) is 38.9 Å². The molecule has 2 nitrogen and oxygen atoms in total. The minimum Gasteiger partial charge on any atom is -0.324 e. The Morgan fingerprint density at radius 3 is 2.38 bits per heavy atom. The van der Waals surface area contributed by atoms with Crippen molar-refractivity contribution in [3.05, 3.63) is 26.9 Å². The normalized spacial score (nSPS) is 13.4. The second-order valence-corrected chi connectivity index (χ2v) is 4.85. The number of aromatic nitrogens is 1. The van der Waals surface area contributed by atoms with E-state index in [1.165, 1.54) is 0 Å². The first-order valence-corrected chi connectivity index (χ1v) is 5.68. The molecular formula is C9H12Br2N2. The fourth-order valence-electron chi connectivity index (χ4n) is 1.03. The summed E-state index contributed by atoms with van der Waals surface area (Å²) < 4.78 is 1.64. The van der Waals surface area contributed by atoms with Crippen LogP contribution in [0.2, 0.25) is 0 Å². The van der Waals surface area contributed by atoms with Crippen LogP contribution in [-0.4, -0.2) is 4.98 Å². The third-order valence-corrected chi connectivity index (χ3v) is 3.00. The van der Waals surface area contributed by atoms with Gasteiger partial charge < -0.3 is 5.73 Å². The van der Waals surface area contributed by atoms with Crippen LogP contribution in [0.3, 0.4) is 0 Å². The smallest absolute Gasteiger partial charge is 0.112 e. The molecule has 0 amide bonds. The van der Waals surface area contributed by atoms with Crippen molar-refractivity contribution in [2.75, 3.05) is 0 Å². The van der Waals surface area contributed by atoms with E-state index >= 15 is 0 Å². The van der Waals surface area contributed by atoms with E-state index in [9.17, 15) is 0 Å². The lowest BCUT2D eigenvalue weighted by atomic mass is 9.99. The van der Waals surface area contributed by atoms with Crippen molar-refractivity contribution in [1.82, 2.24) is 4.98 Å². The molecule has 1 rings (SSSR count). The zero-order valence-electron chi connectivity index (χ0n) is 7.59. The SMILES string of the molecule is CC(C)C(N)c1ccc(Br)nc1Br. The van der Waals surface area contributed by atoms with Gasteiger partial charge in [0, 0.05) is 11.6 Å². The van der Waals surface area contributed by atoms with Crippen LogP contribution in [0.15, 0.2) is 21.3 Å². The summed E-state index contributed by atoms with van der Waals surface area (Å²) in [4.78, 5) is 4.23. The Hall–Kier alpha value is 0.0700. The van der Waals surface area contributed by atoms with E-state index in [0.29, 0.717) is 5.92 Å². The predicted octanol–water partition coefficient (Wildman–Crippen LogP) is 3.26. The molecule has 0 saturated carbocycles. The third kappa shape index (κ3) is 2.76. The average molecular weight is 308 g/mol. The number of pyridine rings is 1. The third-order valence-electron chi connectivity index (χ3n) is 1.92. The molecule has 0 spiro atoms. The first kappa shape index (κ1) is 11.1. The molecule has 1 aromatic rings. The van der Waals surface area contributed by atoms with Gasteiger partial charge in [-0.3, -0.25) is 0 Å². The maximum Gasteiger partial charge on any atom is 0.112 e. The largest absolute Gasteiger partial charge is 0.324 e.